The Hall–Kier alpha value is -1.44. The van der Waals surface area contributed by atoms with Crippen LogP contribution < -0.4 is 4.72 Å². The van der Waals surface area contributed by atoms with Gasteiger partial charge in [-0.2, -0.15) is 4.72 Å². The smallest absolute Gasteiger partial charge is 0.241 e. The molecule has 122 valence electrons. The van der Waals surface area contributed by atoms with Crippen molar-refractivity contribution in [3.63, 3.8) is 0 Å². The van der Waals surface area contributed by atoms with Crippen molar-refractivity contribution in [3.05, 3.63) is 29.8 Å². The number of ether oxygens (including phenoxy) is 1. The Balaban J connectivity index is 2.04. The summed E-state index contributed by atoms with van der Waals surface area (Å²) in [6.07, 6.45) is 0.847. The Morgan fingerprint density at radius 1 is 1.27 bits per heavy atom. The van der Waals surface area contributed by atoms with Gasteiger partial charge in [0, 0.05) is 13.1 Å². The lowest BCUT2D eigenvalue weighted by Crippen LogP contribution is -2.50. The van der Waals surface area contributed by atoms with E-state index in [4.69, 9.17) is 4.74 Å². The van der Waals surface area contributed by atoms with Crippen LogP contribution in [-0.2, 0) is 26.0 Å². The topological polar surface area (TPSA) is 75.7 Å². The zero-order valence-electron chi connectivity index (χ0n) is 12.9. The maximum Gasteiger partial charge on any atom is 0.241 e. The number of sulfonamides is 1. The van der Waals surface area contributed by atoms with Crippen LogP contribution in [0.15, 0.2) is 29.2 Å². The largest absolute Gasteiger partial charge is 0.378 e. The Bertz CT molecular complexity index is 607. The minimum Gasteiger partial charge on any atom is -0.378 e. The summed E-state index contributed by atoms with van der Waals surface area (Å²) in [5.74, 6) is -0.225. The van der Waals surface area contributed by atoms with Crippen LogP contribution in [0.25, 0.3) is 0 Å². The lowest BCUT2D eigenvalue weighted by atomic mass is 10.2. The standard InChI is InChI=1S/C15H22N2O4S/c1-3-13-4-6-14(7-5-13)22(19,20)16-12(2)15(18)17-8-10-21-11-9-17/h4-7,12,16H,3,8-11H2,1-2H3/t12-/m0/s1. The van der Waals surface area contributed by atoms with Crippen LogP contribution in [0.1, 0.15) is 19.4 Å². The van der Waals surface area contributed by atoms with E-state index in [1.165, 1.54) is 0 Å². The third kappa shape index (κ3) is 4.06. The molecule has 0 spiro atoms. The van der Waals surface area contributed by atoms with Gasteiger partial charge in [0.15, 0.2) is 0 Å². The van der Waals surface area contributed by atoms with E-state index < -0.39 is 16.1 Å². The van der Waals surface area contributed by atoms with Gasteiger partial charge in [-0.25, -0.2) is 8.42 Å². The van der Waals surface area contributed by atoms with Crippen molar-refractivity contribution in [2.24, 2.45) is 0 Å². The van der Waals surface area contributed by atoms with Crippen molar-refractivity contribution in [2.75, 3.05) is 26.3 Å². The van der Waals surface area contributed by atoms with E-state index >= 15 is 0 Å². The maximum absolute atomic E-state index is 12.3. The van der Waals surface area contributed by atoms with Gasteiger partial charge in [0.1, 0.15) is 0 Å². The highest BCUT2D eigenvalue weighted by Gasteiger charge is 2.26. The zero-order valence-corrected chi connectivity index (χ0v) is 13.7. The van der Waals surface area contributed by atoms with Crippen molar-refractivity contribution >= 4 is 15.9 Å². The normalized spacial score (nSPS) is 17.3. The quantitative estimate of drug-likeness (QED) is 0.867. The second-order valence-corrected chi connectivity index (χ2v) is 6.99. The van der Waals surface area contributed by atoms with E-state index in [0.717, 1.165) is 12.0 Å². The summed E-state index contributed by atoms with van der Waals surface area (Å²) in [5.41, 5.74) is 1.07. The number of carbonyl (C=O) groups is 1. The predicted molar refractivity (Wildman–Crippen MR) is 83.0 cm³/mol. The number of carbonyl (C=O) groups excluding carboxylic acids is 1. The number of rotatable bonds is 5. The van der Waals surface area contributed by atoms with Gasteiger partial charge in [-0.15, -0.1) is 0 Å². The number of aryl methyl sites for hydroxylation is 1. The molecule has 0 aromatic heterocycles. The first-order valence-electron chi connectivity index (χ1n) is 7.42. The SMILES string of the molecule is CCc1ccc(S(=O)(=O)N[C@@H](C)C(=O)N2CCOCC2)cc1. The molecule has 1 atom stereocenters. The third-order valence-electron chi connectivity index (χ3n) is 3.67. The molecule has 7 heteroatoms. The molecule has 1 fully saturated rings. The van der Waals surface area contributed by atoms with Gasteiger partial charge in [-0.3, -0.25) is 4.79 Å². The van der Waals surface area contributed by atoms with E-state index in [2.05, 4.69) is 4.72 Å². The van der Waals surface area contributed by atoms with Crippen LogP contribution in [0.2, 0.25) is 0 Å². The summed E-state index contributed by atoms with van der Waals surface area (Å²) in [6, 6.07) is 5.89. The van der Waals surface area contributed by atoms with Gasteiger partial charge < -0.3 is 9.64 Å². The molecule has 1 heterocycles. The number of nitrogens with one attached hydrogen (secondary N) is 1. The molecule has 0 bridgehead atoms. The van der Waals surface area contributed by atoms with Gasteiger partial charge in [-0.05, 0) is 31.0 Å². The number of benzene rings is 1. The molecule has 1 N–H and O–H groups in total. The highest BCUT2D eigenvalue weighted by atomic mass is 32.2. The van der Waals surface area contributed by atoms with Crippen LogP contribution >= 0.6 is 0 Å². The minimum absolute atomic E-state index is 0.173. The number of nitrogens with zero attached hydrogens (tertiary/aromatic N) is 1. The average molecular weight is 326 g/mol. The Labute approximate surface area is 131 Å². The summed E-state index contributed by atoms with van der Waals surface area (Å²) < 4.78 is 32.3. The summed E-state index contributed by atoms with van der Waals surface area (Å²) in [5, 5.41) is 0. The van der Waals surface area contributed by atoms with Gasteiger partial charge >= 0.3 is 0 Å². The minimum atomic E-state index is -3.70. The molecule has 0 saturated carbocycles. The van der Waals surface area contributed by atoms with Crippen LogP contribution in [0.4, 0.5) is 0 Å². The van der Waals surface area contributed by atoms with Crippen LogP contribution in [0, 0.1) is 0 Å². The van der Waals surface area contributed by atoms with Crippen molar-refractivity contribution in [3.8, 4) is 0 Å². The lowest BCUT2D eigenvalue weighted by Gasteiger charge is -2.29. The molecule has 0 aliphatic carbocycles. The first-order chi connectivity index (χ1) is 10.4. The Morgan fingerprint density at radius 2 is 1.86 bits per heavy atom. The molecular weight excluding hydrogens is 304 g/mol. The fourth-order valence-electron chi connectivity index (χ4n) is 2.31. The zero-order chi connectivity index (χ0) is 16.2. The van der Waals surface area contributed by atoms with E-state index in [9.17, 15) is 13.2 Å². The number of hydrogen-bond donors (Lipinski definition) is 1. The number of amides is 1. The second kappa shape index (κ2) is 7.21. The van der Waals surface area contributed by atoms with Crippen molar-refractivity contribution in [1.29, 1.82) is 0 Å². The molecular formula is C15H22N2O4S. The molecule has 1 aliphatic rings. The molecule has 1 aromatic rings. The number of hydrogen-bond acceptors (Lipinski definition) is 4. The Morgan fingerprint density at radius 3 is 2.41 bits per heavy atom. The number of morpholine rings is 1. The molecule has 1 aliphatic heterocycles. The van der Waals surface area contributed by atoms with Crippen molar-refractivity contribution in [2.45, 2.75) is 31.2 Å². The lowest BCUT2D eigenvalue weighted by molar-refractivity contribution is -0.136. The summed E-state index contributed by atoms with van der Waals surface area (Å²) in [6.45, 7) is 5.54. The van der Waals surface area contributed by atoms with Crippen LogP contribution in [0.3, 0.4) is 0 Å². The molecule has 0 radical (unpaired) electrons. The predicted octanol–water partition coefficient (Wildman–Crippen LogP) is 0.775. The van der Waals surface area contributed by atoms with Gasteiger partial charge in [0.2, 0.25) is 15.9 Å². The molecule has 22 heavy (non-hydrogen) atoms. The fourth-order valence-corrected chi connectivity index (χ4v) is 3.51. The van der Waals surface area contributed by atoms with Crippen LogP contribution in [-0.4, -0.2) is 51.6 Å². The van der Waals surface area contributed by atoms with Gasteiger partial charge in [-0.1, -0.05) is 19.1 Å². The molecule has 6 nitrogen and oxygen atoms in total. The summed E-state index contributed by atoms with van der Waals surface area (Å²) >= 11 is 0. The van der Waals surface area contributed by atoms with E-state index in [0.29, 0.717) is 26.3 Å². The van der Waals surface area contributed by atoms with Crippen molar-refractivity contribution < 1.29 is 17.9 Å². The summed E-state index contributed by atoms with van der Waals surface area (Å²) in [7, 11) is -3.70. The molecule has 1 amide bonds. The molecule has 1 aromatic carbocycles. The highest BCUT2D eigenvalue weighted by molar-refractivity contribution is 7.89. The van der Waals surface area contributed by atoms with E-state index in [1.807, 2.05) is 6.92 Å². The van der Waals surface area contributed by atoms with E-state index in [-0.39, 0.29) is 10.8 Å². The monoisotopic (exact) mass is 326 g/mol. The first-order valence-corrected chi connectivity index (χ1v) is 8.90. The Kier molecular flexibility index (Phi) is 5.55. The first kappa shape index (κ1) is 16.9. The maximum atomic E-state index is 12.3. The third-order valence-corrected chi connectivity index (χ3v) is 5.22. The second-order valence-electron chi connectivity index (χ2n) is 5.28. The summed E-state index contributed by atoms with van der Waals surface area (Å²) in [4.78, 5) is 14.0. The highest BCUT2D eigenvalue weighted by Crippen LogP contribution is 2.12. The van der Waals surface area contributed by atoms with Gasteiger partial charge in [0.05, 0.1) is 24.2 Å². The average Bonchev–Trinajstić information content (AvgIpc) is 2.54. The van der Waals surface area contributed by atoms with Gasteiger partial charge in [0.25, 0.3) is 0 Å². The fraction of sp³-hybridized carbons (Fsp3) is 0.533. The van der Waals surface area contributed by atoms with Crippen LogP contribution in [0.5, 0.6) is 0 Å². The molecule has 2 rings (SSSR count). The van der Waals surface area contributed by atoms with E-state index in [1.54, 1.807) is 36.1 Å². The van der Waals surface area contributed by atoms with Crippen molar-refractivity contribution in [1.82, 2.24) is 9.62 Å². The molecule has 0 unspecified atom stereocenters. The molecule has 1 saturated heterocycles.